The molecule has 4 heteroatoms. The van der Waals surface area contributed by atoms with E-state index in [-0.39, 0.29) is 12.6 Å². The zero-order valence-electron chi connectivity index (χ0n) is 6.14. The lowest BCUT2D eigenvalue weighted by molar-refractivity contribution is 0.0947. The van der Waals surface area contributed by atoms with Crippen LogP contribution in [0.3, 0.4) is 0 Å². The summed E-state index contributed by atoms with van der Waals surface area (Å²) in [6.45, 7) is 2.92. The van der Waals surface area contributed by atoms with Gasteiger partial charge in [0.15, 0.2) is 0 Å². The first-order valence-electron chi connectivity index (χ1n) is 3.23. The topological polar surface area (TPSA) is 32.3 Å². The van der Waals surface area contributed by atoms with E-state index in [0.29, 0.717) is 0 Å². The molecule has 0 saturated heterocycles. The number of hydrogen-bond acceptors (Lipinski definition) is 2. The third-order valence-electron chi connectivity index (χ3n) is 1.20. The fourth-order valence-electron chi connectivity index (χ4n) is 0.574. The van der Waals surface area contributed by atoms with Crippen molar-refractivity contribution in [1.29, 1.82) is 0 Å². The number of nitrogens with one attached hydrogen (secondary N) is 1. The Hall–Kier alpha value is -0.220. The zero-order chi connectivity index (χ0) is 8.15. The molecule has 2 nitrogen and oxygen atoms in total. The van der Waals surface area contributed by atoms with Crippen LogP contribution in [0.15, 0.2) is 0 Å². The first-order chi connectivity index (χ1) is 4.57. The predicted molar refractivity (Wildman–Crippen MR) is 35.1 cm³/mol. The Bertz CT molecular complexity index is 89.8. The van der Waals surface area contributed by atoms with Crippen LogP contribution in [0.5, 0.6) is 0 Å². The van der Waals surface area contributed by atoms with Crippen LogP contribution in [0.2, 0.25) is 0 Å². The Balaban J connectivity index is 3.46. The summed E-state index contributed by atoms with van der Waals surface area (Å²) >= 11 is 0. The highest BCUT2D eigenvalue weighted by atomic mass is 19.3. The fourth-order valence-corrected chi connectivity index (χ4v) is 0.574. The molecule has 0 bridgehead atoms. The van der Waals surface area contributed by atoms with Crippen molar-refractivity contribution >= 4 is 0 Å². The molecular formula is C6H13F2NO. The second kappa shape index (κ2) is 4.57. The normalized spacial score (nSPS) is 17.4. The van der Waals surface area contributed by atoms with Gasteiger partial charge >= 0.3 is 0 Å². The molecule has 0 heterocycles. The number of rotatable bonds is 4. The van der Waals surface area contributed by atoms with Crippen LogP contribution in [-0.2, 0) is 0 Å². The van der Waals surface area contributed by atoms with Gasteiger partial charge in [-0.1, -0.05) is 0 Å². The van der Waals surface area contributed by atoms with Crippen molar-refractivity contribution < 1.29 is 13.9 Å². The van der Waals surface area contributed by atoms with E-state index in [4.69, 9.17) is 5.11 Å². The van der Waals surface area contributed by atoms with Crippen molar-refractivity contribution in [3.05, 3.63) is 0 Å². The Morgan fingerprint density at radius 1 is 1.40 bits per heavy atom. The van der Waals surface area contributed by atoms with Crippen LogP contribution >= 0.6 is 0 Å². The molecule has 0 saturated carbocycles. The average molecular weight is 153 g/mol. The van der Waals surface area contributed by atoms with E-state index in [1.807, 2.05) is 0 Å². The molecular weight excluding hydrogens is 140 g/mol. The van der Waals surface area contributed by atoms with Gasteiger partial charge in [-0.15, -0.1) is 0 Å². The van der Waals surface area contributed by atoms with E-state index in [9.17, 15) is 8.78 Å². The highest BCUT2D eigenvalue weighted by Gasteiger charge is 2.15. The Kier molecular flexibility index (Phi) is 4.47. The molecule has 2 unspecified atom stereocenters. The van der Waals surface area contributed by atoms with Crippen LogP contribution in [-0.4, -0.2) is 30.2 Å². The summed E-state index contributed by atoms with van der Waals surface area (Å²) in [6, 6.07) is -1.11. The van der Waals surface area contributed by atoms with Crippen LogP contribution in [0.4, 0.5) is 8.78 Å². The Morgan fingerprint density at radius 3 is 2.20 bits per heavy atom. The largest absolute Gasteiger partial charge is 0.395 e. The minimum Gasteiger partial charge on any atom is -0.395 e. The summed E-state index contributed by atoms with van der Waals surface area (Å²) in [5, 5.41) is 11.0. The highest BCUT2D eigenvalue weighted by molar-refractivity contribution is 4.67. The molecule has 0 spiro atoms. The number of aliphatic hydroxyl groups excluding tert-OH is 1. The van der Waals surface area contributed by atoms with E-state index in [1.54, 1.807) is 6.92 Å². The summed E-state index contributed by atoms with van der Waals surface area (Å²) in [5.41, 5.74) is 0. The summed E-state index contributed by atoms with van der Waals surface area (Å²) in [4.78, 5) is 0. The van der Waals surface area contributed by atoms with Crippen molar-refractivity contribution in [2.75, 3.05) is 6.61 Å². The maximum Gasteiger partial charge on any atom is 0.253 e. The van der Waals surface area contributed by atoms with Gasteiger partial charge in [0.2, 0.25) is 0 Å². The number of hydrogen-bond donors (Lipinski definition) is 2. The second-order valence-corrected chi connectivity index (χ2v) is 2.37. The minimum absolute atomic E-state index is 0.114. The third-order valence-corrected chi connectivity index (χ3v) is 1.20. The standard InChI is InChI=1S/C6H13F2NO/c1-4(3-10)9-5(2)6(7)8/h4-6,9-10H,3H2,1-2H3. The fraction of sp³-hybridized carbons (Fsp3) is 1.00. The van der Waals surface area contributed by atoms with Crippen LogP contribution < -0.4 is 5.32 Å². The van der Waals surface area contributed by atoms with Gasteiger partial charge in [-0.05, 0) is 13.8 Å². The summed E-state index contributed by atoms with van der Waals surface area (Å²) in [7, 11) is 0. The van der Waals surface area contributed by atoms with Crippen molar-refractivity contribution in [3.8, 4) is 0 Å². The average Bonchev–Trinajstić information content (AvgIpc) is 1.87. The highest BCUT2D eigenvalue weighted by Crippen LogP contribution is 1.99. The molecule has 0 aromatic rings. The Labute approximate surface area is 59.2 Å². The number of aliphatic hydroxyl groups is 1. The van der Waals surface area contributed by atoms with E-state index in [2.05, 4.69) is 5.32 Å². The molecule has 0 rings (SSSR count). The number of halogens is 2. The van der Waals surface area contributed by atoms with Gasteiger partial charge in [0.1, 0.15) is 0 Å². The summed E-state index contributed by atoms with van der Waals surface area (Å²) in [5.74, 6) is 0. The molecule has 62 valence electrons. The smallest absolute Gasteiger partial charge is 0.253 e. The van der Waals surface area contributed by atoms with Crippen molar-refractivity contribution in [2.24, 2.45) is 0 Å². The minimum atomic E-state index is -2.37. The predicted octanol–water partition coefficient (Wildman–Crippen LogP) is 0.610. The van der Waals surface area contributed by atoms with E-state index >= 15 is 0 Å². The van der Waals surface area contributed by atoms with Crippen molar-refractivity contribution in [1.82, 2.24) is 5.32 Å². The molecule has 0 amide bonds. The molecule has 0 aliphatic carbocycles. The van der Waals surface area contributed by atoms with Gasteiger partial charge in [-0.25, -0.2) is 8.78 Å². The van der Waals surface area contributed by atoms with Gasteiger partial charge in [-0.3, -0.25) is 0 Å². The van der Waals surface area contributed by atoms with E-state index in [1.165, 1.54) is 6.92 Å². The van der Waals surface area contributed by atoms with Crippen molar-refractivity contribution in [2.45, 2.75) is 32.4 Å². The number of alkyl halides is 2. The van der Waals surface area contributed by atoms with E-state index in [0.717, 1.165) is 0 Å². The molecule has 0 aliphatic rings. The lowest BCUT2D eigenvalue weighted by atomic mass is 10.3. The van der Waals surface area contributed by atoms with Crippen molar-refractivity contribution in [3.63, 3.8) is 0 Å². The molecule has 2 N–H and O–H groups in total. The Morgan fingerprint density at radius 2 is 1.90 bits per heavy atom. The van der Waals surface area contributed by atoms with Gasteiger partial charge in [-0.2, -0.15) is 0 Å². The van der Waals surface area contributed by atoms with Gasteiger partial charge in [0.05, 0.1) is 12.6 Å². The molecule has 0 aromatic heterocycles. The van der Waals surface area contributed by atoms with Crippen LogP contribution in [0.25, 0.3) is 0 Å². The molecule has 0 aromatic carbocycles. The SMILES string of the molecule is CC(CO)NC(C)C(F)F. The first-order valence-corrected chi connectivity index (χ1v) is 3.23. The maximum atomic E-state index is 11.8. The summed E-state index contributed by atoms with van der Waals surface area (Å²) < 4.78 is 23.6. The van der Waals surface area contributed by atoms with Crippen LogP contribution in [0, 0.1) is 0 Å². The van der Waals surface area contributed by atoms with Crippen LogP contribution in [0.1, 0.15) is 13.8 Å². The molecule has 0 fully saturated rings. The second-order valence-electron chi connectivity index (χ2n) is 2.37. The zero-order valence-corrected chi connectivity index (χ0v) is 6.14. The first kappa shape index (κ1) is 9.78. The third kappa shape index (κ3) is 3.74. The lowest BCUT2D eigenvalue weighted by Crippen LogP contribution is -2.40. The van der Waals surface area contributed by atoms with E-state index < -0.39 is 12.5 Å². The van der Waals surface area contributed by atoms with Gasteiger partial charge in [0.25, 0.3) is 6.43 Å². The maximum absolute atomic E-state index is 11.8. The van der Waals surface area contributed by atoms with Gasteiger partial charge in [0, 0.05) is 6.04 Å². The molecule has 0 radical (unpaired) electrons. The summed E-state index contributed by atoms with van der Waals surface area (Å²) in [6.07, 6.45) is -2.37. The molecule has 0 aliphatic heterocycles. The molecule has 2 atom stereocenters. The monoisotopic (exact) mass is 153 g/mol. The molecule has 10 heavy (non-hydrogen) atoms. The lowest BCUT2D eigenvalue weighted by Gasteiger charge is -2.16. The van der Waals surface area contributed by atoms with Gasteiger partial charge < -0.3 is 10.4 Å². The quantitative estimate of drug-likeness (QED) is 0.620.